The van der Waals surface area contributed by atoms with Crippen molar-refractivity contribution in [3.8, 4) is 5.75 Å². The Morgan fingerprint density at radius 1 is 1.16 bits per heavy atom. The number of hydrogen-bond acceptors (Lipinski definition) is 3. The van der Waals surface area contributed by atoms with Crippen LogP contribution in [-0.4, -0.2) is 12.4 Å². The normalized spacial score (nSPS) is 10.5. The molecule has 0 aliphatic heterocycles. The van der Waals surface area contributed by atoms with Gasteiger partial charge in [-0.2, -0.15) is 0 Å². The Hall–Kier alpha value is -1.03. The SMILES string of the molecule is Cc1cc(C)cc(OCC(=O)c2cc(Cl)sc2Cl)c1. The van der Waals surface area contributed by atoms with E-state index in [-0.39, 0.29) is 12.4 Å². The topological polar surface area (TPSA) is 26.3 Å². The molecule has 0 aliphatic carbocycles. The number of thiophene rings is 1. The Bertz CT molecular complexity index is 600. The van der Waals surface area contributed by atoms with Crippen molar-refractivity contribution in [2.75, 3.05) is 6.61 Å². The zero-order valence-corrected chi connectivity index (χ0v) is 12.8. The van der Waals surface area contributed by atoms with Gasteiger partial charge in [-0.25, -0.2) is 0 Å². The number of ketones is 1. The van der Waals surface area contributed by atoms with Crippen LogP contribution in [0.1, 0.15) is 21.5 Å². The molecule has 19 heavy (non-hydrogen) atoms. The molecule has 2 nitrogen and oxygen atoms in total. The van der Waals surface area contributed by atoms with E-state index >= 15 is 0 Å². The molecule has 100 valence electrons. The predicted molar refractivity (Wildman–Crippen MR) is 80.1 cm³/mol. The maximum absolute atomic E-state index is 12.0. The number of halogens is 2. The molecule has 2 aromatic rings. The van der Waals surface area contributed by atoms with Crippen LogP contribution in [0.5, 0.6) is 5.75 Å². The van der Waals surface area contributed by atoms with Crippen LogP contribution in [0.4, 0.5) is 0 Å². The molecular formula is C14H12Cl2O2S. The molecule has 0 saturated carbocycles. The predicted octanol–water partition coefficient (Wildman–Crippen LogP) is 4.93. The Labute approximate surface area is 125 Å². The van der Waals surface area contributed by atoms with E-state index in [9.17, 15) is 4.79 Å². The standard InChI is InChI=1S/C14H12Cl2O2S/c1-8-3-9(2)5-10(4-8)18-7-12(17)11-6-13(15)19-14(11)16/h3-6H,7H2,1-2H3. The van der Waals surface area contributed by atoms with Crippen LogP contribution < -0.4 is 4.74 Å². The highest BCUT2D eigenvalue weighted by Gasteiger charge is 2.14. The van der Waals surface area contributed by atoms with E-state index in [4.69, 9.17) is 27.9 Å². The molecule has 5 heteroatoms. The van der Waals surface area contributed by atoms with E-state index in [0.717, 1.165) is 11.1 Å². The summed E-state index contributed by atoms with van der Waals surface area (Å²) in [6.45, 7) is 3.92. The van der Waals surface area contributed by atoms with Gasteiger partial charge in [0.25, 0.3) is 0 Å². The van der Waals surface area contributed by atoms with Gasteiger partial charge in [0.05, 0.1) is 9.90 Å². The van der Waals surface area contributed by atoms with Crippen molar-refractivity contribution in [1.29, 1.82) is 0 Å². The number of Topliss-reactive ketones (excluding diaryl/α,β-unsaturated/α-hetero) is 1. The molecule has 0 spiro atoms. The van der Waals surface area contributed by atoms with Gasteiger partial charge in [0, 0.05) is 0 Å². The second-order valence-electron chi connectivity index (χ2n) is 4.27. The minimum atomic E-state index is -0.174. The molecule has 0 fully saturated rings. The van der Waals surface area contributed by atoms with Crippen molar-refractivity contribution in [3.05, 3.63) is 49.6 Å². The van der Waals surface area contributed by atoms with Gasteiger partial charge in [-0.1, -0.05) is 29.3 Å². The van der Waals surface area contributed by atoms with E-state index < -0.39 is 0 Å². The highest BCUT2D eigenvalue weighted by Crippen LogP contribution is 2.31. The van der Waals surface area contributed by atoms with Crippen LogP contribution in [-0.2, 0) is 0 Å². The number of aryl methyl sites for hydroxylation is 2. The third-order valence-corrected chi connectivity index (χ3v) is 4.01. The zero-order valence-electron chi connectivity index (χ0n) is 10.5. The van der Waals surface area contributed by atoms with Gasteiger partial charge in [-0.15, -0.1) is 11.3 Å². The van der Waals surface area contributed by atoms with E-state index in [2.05, 4.69) is 0 Å². The van der Waals surface area contributed by atoms with Crippen LogP contribution in [0.15, 0.2) is 24.3 Å². The van der Waals surface area contributed by atoms with Gasteiger partial charge in [0.1, 0.15) is 10.1 Å². The molecule has 2 rings (SSSR count). The zero-order chi connectivity index (χ0) is 14.0. The second-order valence-corrected chi connectivity index (χ2v) is 6.56. The first kappa shape index (κ1) is 14.4. The lowest BCUT2D eigenvalue weighted by atomic mass is 10.1. The Morgan fingerprint density at radius 3 is 2.32 bits per heavy atom. The van der Waals surface area contributed by atoms with Crippen molar-refractivity contribution >= 4 is 40.3 Å². The van der Waals surface area contributed by atoms with Crippen LogP contribution in [0, 0.1) is 13.8 Å². The van der Waals surface area contributed by atoms with Gasteiger partial charge < -0.3 is 4.74 Å². The summed E-state index contributed by atoms with van der Waals surface area (Å²) in [6.07, 6.45) is 0. The van der Waals surface area contributed by atoms with E-state index in [0.29, 0.717) is 20.0 Å². The largest absolute Gasteiger partial charge is 0.485 e. The molecule has 0 atom stereocenters. The summed E-state index contributed by atoms with van der Waals surface area (Å²) in [5, 5.41) is 0. The van der Waals surface area contributed by atoms with Gasteiger partial charge in [0.2, 0.25) is 5.78 Å². The second kappa shape index (κ2) is 5.95. The molecule has 0 N–H and O–H groups in total. The summed E-state index contributed by atoms with van der Waals surface area (Å²) >= 11 is 12.9. The lowest BCUT2D eigenvalue weighted by Gasteiger charge is -2.07. The summed E-state index contributed by atoms with van der Waals surface area (Å²) in [6, 6.07) is 7.40. The molecule has 1 heterocycles. The fourth-order valence-corrected chi connectivity index (χ4v) is 3.27. The highest BCUT2D eigenvalue weighted by atomic mass is 35.5. The van der Waals surface area contributed by atoms with Crippen molar-refractivity contribution in [3.63, 3.8) is 0 Å². The fourth-order valence-electron chi connectivity index (χ4n) is 1.77. The first-order valence-corrected chi connectivity index (χ1v) is 7.22. The minimum absolute atomic E-state index is 0.0460. The Kier molecular flexibility index (Phi) is 4.50. The lowest BCUT2D eigenvalue weighted by molar-refractivity contribution is 0.0922. The summed E-state index contributed by atoms with van der Waals surface area (Å²) < 4.78 is 6.40. The summed E-state index contributed by atoms with van der Waals surface area (Å²) in [7, 11) is 0. The molecule has 0 aliphatic rings. The third kappa shape index (κ3) is 3.72. The van der Waals surface area contributed by atoms with Crippen LogP contribution in [0.2, 0.25) is 8.67 Å². The van der Waals surface area contributed by atoms with Crippen molar-refractivity contribution in [2.24, 2.45) is 0 Å². The smallest absolute Gasteiger partial charge is 0.202 e. The summed E-state index contributed by atoms with van der Waals surface area (Å²) in [5.74, 6) is 0.510. The molecule has 1 aromatic heterocycles. The highest BCUT2D eigenvalue weighted by molar-refractivity contribution is 7.20. The van der Waals surface area contributed by atoms with Gasteiger partial charge in [0.15, 0.2) is 6.61 Å². The van der Waals surface area contributed by atoms with Crippen LogP contribution >= 0.6 is 34.5 Å². The molecular weight excluding hydrogens is 303 g/mol. The third-order valence-electron chi connectivity index (χ3n) is 2.52. The van der Waals surface area contributed by atoms with Gasteiger partial charge >= 0.3 is 0 Å². The maximum Gasteiger partial charge on any atom is 0.202 e. The number of hydrogen-bond donors (Lipinski definition) is 0. The Balaban J connectivity index is 2.06. The first-order chi connectivity index (χ1) is 8.95. The van der Waals surface area contributed by atoms with Crippen molar-refractivity contribution < 1.29 is 9.53 Å². The maximum atomic E-state index is 12.0. The number of rotatable bonds is 4. The molecule has 0 radical (unpaired) electrons. The first-order valence-electron chi connectivity index (χ1n) is 5.65. The quantitative estimate of drug-likeness (QED) is 0.748. The monoisotopic (exact) mass is 314 g/mol. The average molecular weight is 315 g/mol. The van der Waals surface area contributed by atoms with Crippen molar-refractivity contribution in [2.45, 2.75) is 13.8 Å². The van der Waals surface area contributed by atoms with Gasteiger partial charge in [-0.05, 0) is 43.2 Å². The van der Waals surface area contributed by atoms with Crippen molar-refractivity contribution in [1.82, 2.24) is 0 Å². The lowest BCUT2D eigenvalue weighted by Crippen LogP contribution is -2.11. The number of ether oxygens (including phenoxy) is 1. The van der Waals surface area contributed by atoms with Crippen LogP contribution in [0.25, 0.3) is 0 Å². The molecule has 0 unspecified atom stereocenters. The van der Waals surface area contributed by atoms with E-state index in [1.165, 1.54) is 11.3 Å². The number of carbonyl (C=O) groups excluding carboxylic acids is 1. The fraction of sp³-hybridized carbons (Fsp3) is 0.214. The van der Waals surface area contributed by atoms with E-state index in [1.807, 2.05) is 32.0 Å². The summed E-state index contributed by atoms with van der Waals surface area (Å²) in [4.78, 5) is 12.0. The molecule has 0 saturated heterocycles. The summed E-state index contributed by atoms with van der Waals surface area (Å²) in [5.41, 5.74) is 2.61. The average Bonchev–Trinajstić information content (AvgIpc) is 2.64. The van der Waals surface area contributed by atoms with E-state index in [1.54, 1.807) is 6.07 Å². The molecule has 1 aromatic carbocycles. The Morgan fingerprint density at radius 2 is 1.79 bits per heavy atom. The number of benzene rings is 1. The minimum Gasteiger partial charge on any atom is -0.485 e. The molecule has 0 amide bonds. The van der Waals surface area contributed by atoms with Gasteiger partial charge in [-0.3, -0.25) is 4.79 Å². The number of carbonyl (C=O) groups is 1. The van der Waals surface area contributed by atoms with Crippen LogP contribution in [0.3, 0.4) is 0 Å². The molecule has 0 bridgehead atoms.